The molecule has 3 rings (SSSR count). The molecule has 0 aromatic carbocycles. The van der Waals surface area contributed by atoms with Crippen LogP contribution < -0.4 is 5.32 Å². The Kier molecular flexibility index (Phi) is 4.05. The van der Waals surface area contributed by atoms with Gasteiger partial charge in [0.25, 0.3) is 0 Å². The lowest BCUT2D eigenvalue weighted by atomic mass is 9.97. The normalized spacial score (nSPS) is 31.2. The van der Waals surface area contributed by atoms with Gasteiger partial charge in [0.05, 0.1) is 6.61 Å². The molecule has 2 aliphatic rings. The van der Waals surface area contributed by atoms with Gasteiger partial charge < -0.3 is 15.3 Å². The highest BCUT2D eigenvalue weighted by Crippen LogP contribution is 2.34. The average molecular weight is 295 g/mol. The highest BCUT2D eigenvalue weighted by Gasteiger charge is 2.39. The number of nitrogens with zero attached hydrogens (tertiary/aromatic N) is 2. The van der Waals surface area contributed by atoms with E-state index in [9.17, 15) is 9.90 Å². The molecule has 1 amide bonds. The van der Waals surface area contributed by atoms with E-state index in [0.717, 1.165) is 12.8 Å². The summed E-state index contributed by atoms with van der Waals surface area (Å²) in [6, 6.07) is 1.45. The number of hydrogen-bond donors (Lipinski definition) is 2. The summed E-state index contributed by atoms with van der Waals surface area (Å²) < 4.78 is 0. The van der Waals surface area contributed by atoms with E-state index in [4.69, 9.17) is 0 Å². The van der Waals surface area contributed by atoms with Crippen molar-refractivity contribution in [2.24, 2.45) is 0 Å². The van der Waals surface area contributed by atoms with Gasteiger partial charge in [0, 0.05) is 29.7 Å². The Morgan fingerprint density at radius 3 is 2.80 bits per heavy atom. The first-order valence-corrected chi connectivity index (χ1v) is 8.09. The van der Waals surface area contributed by atoms with Crippen molar-refractivity contribution >= 4 is 17.2 Å². The molecule has 1 aromatic heterocycles. The van der Waals surface area contributed by atoms with Crippen LogP contribution in [0.1, 0.15) is 36.6 Å². The Morgan fingerprint density at radius 2 is 2.25 bits per heavy atom. The Morgan fingerprint density at radius 1 is 1.55 bits per heavy atom. The lowest BCUT2D eigenvalue weighted by molar-refractivity contribution is -0.124. The van der Waals surface area contributed by atoms with E-state index in [1.165, 1.54) is 24.2 Å². The van der Waals surface area contributed by atoms with Gasteiger partial charge in [-0.1, -0.05) is 0 Å². The van der Waals surface area contributed by atoms with Crippen LogP contribution in [0.4, 0.5) is 0 Å². The SMILES string of the molecule is CN1C2CCC1CC(NC(=O)C(CO)c1nccs1)C2. The average Bonchev–Trinajstić information content (AvgIpc) is 2.99. The van der Waals surface area contributed by atoms with Crippen molar-refractivity contribution in [3.8, 4) is 0 Å². The first-order chi connectivity index (χ1) is 9.69. The van der Waals surface area contributed by atoms with Crippen molar-refractivity contribution in [2.75, 3.05) is 13.7 Å². The minimum atomic E-state index is -0.521. The molecule has 0 saturated carbocycles. The van der Waals surface area contributed by atoms with Gasteiger partial charge in [-0.15, -0.1) is 11.3 Å². The molecule has 2 saturated heterocycles. The third-order valence-corrected chi connectivity index (χ3v) is 5.58. The maximum absolute atomic E-state index is 12.3. The van der Waals surface area contributed by atoms with Gasteiger partial charge in [-0.25, -0.2) is 4.98 Å². The number of rotatable bonds is 4. The first-order valence-electron chi connectivity index (χ1n) is 7.21. The van der Waals surface area contributed by atoms with Gasteiger partial charge in [0.15, 0.2) is 0 Å². The van der Waals surface area contributed by atoms with E-state index in [1.807, 2.05) is 5.38 Å². The topological polar surface area (TPSA) is 65.5 Å². The van der Waals surface area contributed by atoms with Crippen LogP contribution in [0, 0.1) is 0 Å². The fourth-order valence-electron chi connectivity index (χ4n) is 3.51. The molecule has 2 fully saturated rings. The second-order valence-electron chi connectivity index (χ2n) is 5.83. The minimum absolute atomic E-state index is 0.0867. The van der Waals surface area contributed by atoms with E-state index >= 15 is 0 Å². The lowest BCUT2D eigenvalue weighted by Gasteiger charge is -2.37. The maximum Gasteiger partial charge on any atom is 0.232 e. The lowest BCUT2D eigenvalue weighted by Crippen LogP contribution is -2.49. The van der Waals surface area contributed by atoms with Crippen LogP contribution in [0.15, 0.2) is 11.6 Å². The molecule has 3 heterocycles. The number of nitrogens with one attached hydrogen (secondary N) is 1. The van der Waals surface area contributed by atoms with Crippen molar-refractivity contribution in [3.63, 3.8) is 0 Å². The monoisotopic (exact) mass is 295 g/mol. The Bertz CT molecular complexity index is 451. The molecule has 2 aliphatic heterocycles. The number of hydrogen-bond acceptors (Lipinski definition) is 5. The molecule has 5 nitrogen and oxygen atoms in total. The number of piperidine rings is 1. The van der Waals surface area contributed by atoms with Gasteiger partial charge in [-0.2, -0.15) is 0 Å². The zero-order valence-electron chi connectivity index (χ0n) is 11.7. The molecular formula is C14H21N3O2S. The fourth-order valence-corrected chi connectivity index (χ4v) is 4.24. The van der Waals surface area contributed by atoms with E-state index in [2.05, 4.69) is 22.2 Å². The van der Waals surface area contributed by atoms with Crippen LogP contribution in [0.5, 0.6) is 0 Å². The summed E-state index contributed by atoms with van der Waals surface area (Å²) in [5, 5.41) is 15.1. The van der Waals surface area contributed by atoms with Gasteiger partial charge >= 0.3 is 0 Å². The van der Waals surface area contributed by atoms with E-state index in [0.29, 0.717) is 17.1 Å². The van der Waals surface area contributed by atoms with E-state index in [-0.39, 0.29) is 18.6 Å². The summed E-state index contributed by atoms with van der Waals surface area (Å²) in [6.07, 6.45) is 6.20. The Labute approximate surface area is 123 Å². The van der Waals surface area contributed by atoms with E-state index < -0.39 is 5.92 Å². The molecule has 2 N–H and O–H groups in total. The number of aliphatic hydroxyl groups is 1. The number of carbonyl (C=O) groups excluding carboxylic acids is 1. The molecule has 2 bridgehead atoms. The molecular weight excluding hydrogens is 274 g/mol. The standard InChI is InChI=1S/C14H21N3O2S/c1-17-10-2-3-11(17)7-9(6-10)16-13(19)12(8-18)14-15-4-5-20-14/h4-5,9-12,18H,2-3,6-8H2,1H3,(H,16,19). The van der Waals surface area contributed by atoms with Crippen LogP contribution in [-0.2, 0) is 4.79 Å². The molecule has 3 unspecified atom stereocenters. The molecule has 20 heavy (non-hydrogen) atoms. The largest absolute Gasteiger partial charge is 0.395 e. The second-order valence-corrected chi connectivity index (χ2v) is 6.76. The minimum Gasteiger partial charge on any atom is -0.395 e. The number of amides is 1. The molecule has 110 valence electrons. The van der Waals surface area contributed by atoms with Crippen molar-refractivity contribution in [3.05, 3.63) is 16.6 Å². The zero-order chi connectivity index (χ0) is 14.1. The fraction of sp³-hybridized carbons (Fsp3) is 0.714. The summed E-state index contributed by atoms with van der Waals surface area (Å²) in [7, 11) is 2.19. The highest BCUT2D eigenvalue weighted by molar-refractivity contribution is 7.09. The van der Waals surface area contributed by atoms with Crippen LogP contribution in [0.2, 0.25) is 0 Å². The second kappa shape index (κ2) is 5.79. The van der Waals surface area contributed by atoms with E-state index in [1.54, 1.807) is 6.20 Å². The predicted octanol–water partition coefficient (Wildman–Crippen LogP) is 0.960. The Balaban J connectivity index is 1.62. The molecule has 0 spiro atoms. The van der Waals surface area contributed by atoms with Gasteiger partial charge in [0.2, 0.25) is 5.91 Å². The number of aliphatic hydroxyl groups excluding tert-OH is 1. The zero-order valence-corrected chi connectivity index (χ0v) is 12.5. The molecule has 1 aromatic rings. The molecule has 0 aliphatic carbocycles. The quantitative estimate of drug-likeness (QED) is 0.868. The first kappa shape index (κ1) is 14.0. The van der Waals surface area contributed by atoms with Crippen LogP contribution >= 0.6 is 11.3 Å². The van der Waals surface area contributed by atoms with Gasteiger partial charge in [-0.05, 0) is 32.7 Å². The smallest absolute Gasteiger partial charge is 0.232 e. The third kappa shape index (κ3) is 2.60. The van der Waals surface area contributed by atoms with Crippen LogP contribution in [-0.4, -0.2) is 52.7 Å². The summed E-state index contributed by atoms with van der Waals surface area (Å²) in [4.78, 5) is 18.9. The van der Waals surface area contributed by atoms with Gasteiger partial charge in [0.1, 0.15) is 10.9 Å². The maximum atomic E-state index is 12.3. The molecule has 3 atom stereocenters. The highest BCUT2D eigenvalue weighted by atomic mass is 32.1. The number of aromatic nitrogens is 1. The third-order valence-electron chi connectivity index (χ3n) is 4.69. The van der Waals surface area contributed by atoms with Crippen molar-refractivity contribution < 1.29 is 9.90 Å². The van der Waals surface area contributed by atoms with Crippen molar-refractivity contribution in [1.29, 1.82) is 0 Å². The number of thiazole rings is 1. The summed E-state index contributed by atoms with van der Waals surface area (Å²) in [6.45, 7) is -0.182. The summed E-state index contributed by atoms with van der Waals surface area (Å²) in [5.74, 6) is -0.608. The molecule has 6 heteroatoms. The number of carbonyl (C=O) groups is 1. The van der Waals surface area contributed by atoms with Crippen molar-refractivity contribution in [1.82, 2.24) is 15.2 Å². The summed E-state index contributed by atoms with van der Waals surface area (Å²) >= 11 is 1.42. The number of fused-ring (bicyclic) bond motifs is 2. The van der Waals surface area contributed by atoms with Crippen molar-refractivity contribution in [2.45, 2.75) is 49.7 Å². The van der Waals surface area contributed by atoms with Crippen LogP contribution in [0.3, 0.4) is 0 Å². The molecule has 0 radical (unpaired) electrons. The summed E-state index contributed by atoms with van der Waals surface area (Å²) in [5.41, 5.74) is 0. The van der Waals surface area contributed by atoms with Crippen LogP contribution in [0.25, 0.3) is 0 Å². The Hall–Kier alpha value is -0.980. The predicted molar refractivity (Wildman–Crippen MR) is 77.7 cm³/mol. The van der Waals surface area contributed by atoms with Gasteiger partial charge in [-0.3, -0.25) is 4.79 Å².